The summed E-state index contributed by atoms with van der Waals surface area (Å²) in [6.07, 6.45) is 0. The molecule has 1 rings (SSSR count). The second-order valence-electron chi connectivity index (χ2n) is 5.12. The number of carbonyl (C=O) groups excluding carboxylic acids is 1. The SMILES string of the molecule is Cc1ccc(C)c(C(C)N(C)C(=O)C(C)CN)c1.Cl. The summed E-state index contributed by atoms with van der Waals surface area (Å²) in [5.41, 5.74) is 9.19. The van der Waals surface area contributed by atoms with Crippen molar-refractivity contribution in [1.29, 1.82) is 0 Å². The van der Waals surface area contributed by atoms with Crippen LogP contribution in [-0.2, 0) is 4.79 Å². The number of hydrogen-bond acceptors (Lipinski definition) is 2. The standard InChI is InChI=1S/C15H24N2O.ClH/c1-10-6-7-11(2)14(8-10)13(4)17(5)15(18)12(3)9-16;/h6-8,12-13H,9,16H2,1-5H3;1H. The Kier molecular flexibility index (Phi) is 7.09. The van der Waals surface area contributed by atoms with Gasteiger partial charge in [0.25, 0.3) is 0 Å². The highest BCUT2D eigenvalue weighted by Gasteiger charge is 2.22. The summed E-state index contributed by atoms with van der Waals surface area (Å²) in [7, 11) is 1.85. The molecule has 0 aliphatic rings. The molecule has 0 saturated carbocycles. The van der Waals surface area contributed by atoms with Crippen molar-refractivity contribution >= 4 is 18.3 Å². The Morgan fingerprint density at radius 2 is 1.89 bits per heavy atom. The van der Waals surface area contributed by atoms with Crippen LogP contribution in [-0.4, -0.2) is 24.4 Å². The number of nitrogens with zero attached hydrogens (tertiary/aromatic N) is 1. The van der Waals surface area contributed by atoms with Gasteiger partial charge in [-0.3, -0.25) is 4.79 Å². The molecule has 0 fully saturated rings. The Morgan fingerprint density at radius 3 is 2.42 bits per heavy atom. The van der Waals surface area contributed by atoms with E-state index in [1.165, 1.54) is 16.7 Å². The fraction of sp³-hybridized carbons (Fsp3) is 0.533. The minimum Gasteiger partial charge on any atom is -0.339 e. The number of hydrogen-bond donors (Lipinski definition) is 1. The first-order valence-corrected chi connectivity index (χ1v) is 6.42. The van der Waals surface area contributed by atoms with Crippen LogP contribution in [0.4, 0.5) is 0 Å². The van der Waals surface area contributed by atoms with Crippen LogP contribution < -0.4 is 5.73 Å². The van der Waals surface area contributed by atoms with Gasteiger partial charge in [0.2, 0.25) is 5.91 Å². The molecule has 108 valence electrons. The molecule has 0 aliphatic carbocycles. The normalized spacial score (nSPS) is 13.4. The van der Waals surface area contributed by atoms with Crippen LogP contribution in [0.3, 0.4) is 0 Å². The summed E-state index contributed by atoms with van der Waals surface area (Å²) in [4.78, 5) is 13.9. The highest BCUT2D eigenvalue weighted by atomic mass is 35.5. The van der Waals surface area contributed by atoms with Crippen LogP contribution in [0.15, 0.2) is 18.2 Å². The van der Waals surface area contributed by atoms with Crippen LogP contribution in [0.5, 0.6) is 0 Å². The summed E-state index contributed by atoms with van der Waals surface area (Å²) in [5.74, 6) is -0.0199. The maximum absolute atomic E-state index is 12.1. The molecule has 0 aromatic heterocycles. The molecule has 1 aromatic rings. The van der Waals surface area contributed by atoms with E-state index in [4.69, 9.17) is 5.73 Å². The van der Waals surface area contributed by atoms with Crippen molar-refractivity contribution in [2.24, 2.45) is 11.7 Å². The van der Waals surface area contributed by atoms with E-state index in [2.05, 4.69) is 39.0 Å². The minimum atomic E-state index is -0.123. The van der Waals surface area contributed by atoms with Gasteiger partial charge in [0, 0.05) is 19.5 Å². The number of carbonyl (C=O) groups is 1. The van der Waals surface area contributed by atoms with E-state index in [9.17, 15) is 4.79 Å². The van der Waals surface area contributed by atoms with Gasteiger partial charge >= 0.3 is 0 Å². The van der Waals surface area contributed by atoms with E-state index in [-0.39, 0.29) is 30.3 Å². The number of halogens is 1. The maximum Gasteiger partial charge on any atom is 0.226 e. The van der Waals surface area contributed by atoms with Crippen molar-refractivity contribution in [3.05, 3.63) is 34.9 Å². The van der Waals surface area contributed by atoms with E-state index in [0.29, 0.717) is 6.54 Å². The molecule has 3 nitrogen and oxygen atoms in total. The molecular formula is C15H25ClN2O. The average molecular weight is 285 g/mol. The van der Waals surface area contributed by atoms with Gasteiger partial charge in [0.05, 0.1) is 6.04 Å². The second kappa shape index (κ2) is 7.51. The lowest BCUT2D eigenvalue weighted by molar-refractivity contribution is -0.135. The van der Waals surface area contributed by atoms with Gasteiger partial charge in [0.1, 0.15) is 0 Å². The van der Waals surface area contributed by atoms with Crippen molar-refractivity contribution in [2.45, 2.75) is 33.7 Å². The summed E-state index contributed by atoms with van der Waals surface area (Å²) in [6.45, 7) is 8.47. The van der Waals surface area contributed by atoms with E-state index >= 15 is 0 Å². The fourth-order valence-electron chi connectivity index (χ4n) is 2.06. The number of aryl methyl sites for hydroxylation is 2. The predicted molar refractivity (Wildman–Crippen MR) is 82.6 cm³/mol. The largest absolute Gasteiger partial charge is 0.339 e. The van der Waals surface area contributed by atoms with Crippen molar-refractivity contribution in [1.82, 2.24) is 4.90 Å². The zero-order valence-corrected chi connectivity index (χ0v) is 13.3. The third-order valence-electron chi connectivity index (χ3n) is 3.59. The number of rotatable bonds is 4. The molecule has 0 radical (unpaired) electrons. The van der Waals surface area contributed by atoms with Crippen LogP contribution in [0.2, 0.25) is 0 Å². The van der Waals surface area contributed by atoms with Gasteiger partial charge in [-0.2, -0.15) is 0 Å². The van der Waals surface area contributed by atoms with Crippen molar-refractivity contribution < 1.29 is 4.79 Å². The quantitative estimate of drug-likeness (QED) is 0.924. The van der Waals surface area contributed by atoms with Gasteiger partial charge in [-0.25, -0.2) is 0 Å². The summed E-state index contributed by atoms with van der Waals surface area (Å²) in [5, 5.41) is 0. The first-order chi connectivity index (χ1) is 8.38. The van der Waals surface area contributed by atoms with E-state index in [0.717, 1.165) is 0 Å². The molecule has 19 heavy (non-hydrogen) atoms. The lowest BCUT2D eigenvalue weighted by Crippen LogP contribution is -2.37. The Balaban J connectivity index is 0.00000324. The van der Waals surface area contributed by atoms with Crippen molar-refractivity contribution in [2.75, 3.05) is 13.6 Å². The third-order valence-corrected chi connectivity index (χ3v) is 3.59. The lowest BCUT2D eigenvalue weighted by Gasteiger charge is -2.29. The maximum atomic E-state index is 12.1. The molecule has 0 spiro atoms. The van der Waals surface area contributed by atoms with Gasteiger partial charge in [-0.1, -0.05) is 30.7 Å². The van der Waals surface area contributed by atoms with E-state index in [1.807, 2.05) is 14.0 Å². The minimum absolute atomic E-state index is 0. The Morgan fingerprint density at radius 1 is 1.32 bits per heavy atom. The van der Waals surface area contributed by atoms with Crippen LogP contribution >= 0.6 is 12.4 Å². The molecule has 0 saturated heterocycles. The highest BCUT2D eigenvalue weighted by Crippen LogP contribution is 2.24. The topological polar surface area (TPSA) is 46.3 Å². The first kappa shape index (κ1) is 17.9. The Labute approximate surface area is 122 Å². The van der Waals surface area contributed by atoms with Crippen LogP contribution in [0.25, 0.3) is 0 Å². The van der Waals surface area contributed by atoms with Crippen molar-refractivity contribution in [3.63, 3.8) is 0 Å². The molecule has 1 amide bonds. The van der Waals surface area contributed by atoms with Gasteiger partial charge in [0.15, 0.2) is 0 Å². The number of nitrogens with two attached hydrogens (primary N) is 1. The molecule has 4 heteroatoms. The van der Waals surface area contributed by atoms with Crippen LogP contribution in [0, 0.1) is 19.8 Å². The molecular weight excluding hydrogens is 260 g/mol. The Bertz CT molecular complexity index is 434. The van der Waals surface area contributed by atoms with Crippen LogP contribution in [0.1, 0.15) is 36.6 Å². The molecule has 2 N–H and O–H groups in total. The molecule has 2 atom stereocenters. The lowest BCUT2D eigenvalue weighted by atomic mass is 9.98. The third kappa shape index (κ3) is 4.22. The van der Waals surface area contributed by atoms with Crippen molar-refractivity contribution in [3.8, 4) is 0 Å². The molecule has 0 heterocycles. The summed E-state index contributed by atoms with van der Waals surface area (Å²) < 4.78 is 0. The summed E-state index contributed by atoms with van der Waals surface area (Å²) in [6, 6.07) is 6.42. The number of amides is 1. The Hall–Kier alpha value is -1.06. The second-order valence-corrected chi connectivity index (χ2v) is 5.12. The number of benzene rings is 1. The van der Waals surface area contributed by atoms with Gasteiger partial charge < -0.3 is 10.6 Å². The molecule has 2 unspecified atom stereocenters. The molecule has 0 aliphatic heterocycles. The zero-order valence-electron chi connectivity index (χ0n) is 12.4. The predicted octanol–water partition coefficient (Wildman–Crippen LogP) is 2.84. The van der Waals surface area contributed by atoms with E-state index < -0.39 is 0 Å². The van der Waals surface area contributed by atoms with E-state index in [1.54, 1.807) is 4.90 Å². The molecule has 1 aromatic carbocycles. The fourth-order valence-corrected chi connectivity index (χ4v) is 2.06. The average Bonchev–Trinajstić information content (AvgIpc) is 2.38. The van der Waals surface area contributed by atoms with Gasteiger partial charge in [-0.15, -0.1) is 12.4 Å². The smallest absolute Gasteiger partial charge is 0.226 e. The summed E-state index contributed by atoms with van der Waals surface area (Å²) >= 11 is 0. The molecule has 0 bridgehead atoms. The van der Waals surface area contributed by atoms with Gasteiger partial charge in [-0.05, 0) is 31.9 Å². The first-order valence-electron chi connectivity index (χ1n) is 6.42. The zero-order chi connectivity index (χ0) is 13.9. The highest BCUT2D eigenvalue weighted by molar-refractivity contribution is 5.85. The monoisotopic (exact) mass is 284 g/mol.